The van der Waals surface area contributed by atoms with E-state index in [4.69, 9.17) is 13.6 Å². The van der Waals surface area contributed by atoms with Crippen molar-refractivity contribution in [2.75, 3.05) is 7.11 Å². The van der Waals surface area contributed by atoms with Crippen LogP contribution >= 0.6 is 0 Å². The Morgan fingerprint density at radius 2 is 1.48 bits per heavy atom. The van der Waals surface area contributed by atoms with Crippen molar-refractivity contribution in [2.24, 2.45) is 0 Å². The first kappa shape index (κ1) is 19.6. The zero-order valence-corrected chi connectivity index (χ0v) is 17.5. The lowest BCUT2D eigenvalue weighted by atomic mass is 10.1. The van der Waals surface area contributed by atoms with Gasteiger partial charge in [-0.15, -0.1) is 0 Å². The van der Waals surface area contributed by atoms with Gasteiger partial charge in [0, 0.05) is 0 Å². The molecule has 0 N–H and O–H groups in total. The Balaban J connectivity index is 2.99. The SMILES string of the molecule is COC(=CC(=CCc1ccccc1)O[Si](C)(C)C)O[Si](C)(C)C. The molecule has 0 amide bonds. The maximum Gasteiger partial charge on any atom is 0.268 e. The second kappa shape index (κ2) is 8.40. The van der Waals surface area contributed by atoms with Gasteiger partial charge in [0.05, 0.1) is 13.2 Å². The Morgan fingerprint density at radius 3 is 1.96 bits per heavy atom. The van der Waals surface area contributed by atoms with Gasteiger partial charge in [0.25, 0.3) is 5.95 Å². The lowest BCUT2D eigenvalue weighted by molar-refractivity contribution is 0.145. The third-order valence-electron chi connectivity index (χ3n) is 2.67. The highest BCUT2D eigenvalue weighted by Gasteiger charge is 2.21. The lowest BCUT2D eigenvalue weighted by Crippen LogP contribution is -2.27. The Morgan fingerprint density at radius 1 is 0.913 bits per heavy atom. The van der Waals surface area contributed by atoms with Gasteiger partial charge in [0.1, 0.15) is 5.76 Å². The summed E-state index contributed by atoms with van der Waals surface area (Å²) in [5, 5.41) is 0. The first-order chi connectivity index (χ1) is 10.6. The van der Waals surface area contributed by atoms with E-state index in [9.17, 15) is 0 Å². The van der Waals surface area contributed by atoms with E-state index in [2.05, 4.69) is 57.5 Å². The van der Waals surface area contributed by atoms with Crippen LogP contribution in [0.15, 0.2) is 54.2 Å². The number of rotatable bonds is 8. The van der Waals surface area contributed by atoms with Gasteiger partial charge in [-0.2, -0.15) is 0 Å². The summed E-state index contributed by atoms with van der Waals surface area (Å²) in [6, 6.07) is 10.3. The maximum atomic E-state index is 6.19. The molecule has 0 atom stereocenters. The van der Waals surface area contributed by atoms with Crippen molar-refractivity contribution in [3.05, 3.63) is 59.8 Å². The minimum Gasteiger partial charge on any atom is -0.544 e. The molecule has 0 aromatic heterocycles. The minimum atomic E-state index is -1.72. The van der Waals surface area contributed by atoms with E-state index in [1.165, 1.54) is 5.56 Å². The van der Waals surface area contributed by atoms with Gasteiger partial charge in [-0.3, -0.25) is 0 Å². The van der Waals surface area contributed by atoms with E-state index in [1.807, 2.05) is 24.3 Å². The third kappa shape index (κ3) is 9.30. The number of benzene rings is 1. The van der Waals surface area contributed by atoms with Crippen LogP contribution in [0.4, 0.5) is 0 Å². The van der Waals surface area contributed by atoms with Gasteiger partial charge in [0.2, 0.25) is 16.6 Å². The second-order valence-corrected chi connectivity index (χ2v) is 16.3. The molecular formula is C18H30O3Si2. The van der Waals surface area contributed by atoms with E-state index in [0.717, 1.165) is 12.2 Å². The molecule has 5 heteroatoms. The molecular weight excluding hydrogens is 320 g/mol. The summed E-state index contributed by atoms with van der Waals surface area (Å²) in [6.45, 7) is 12.9. The normalized spacial score (nSPS) is 13.7. The lowest BCUT2D eigenvalue weighted by Gasteiger charge is -2.23. The highest BCUT2D eigenvalue weighted by atomic mass is 28.4. The molecule has 1 aromatic rings. The van der Waals surface area contributed by atoms with Crippen LogP contribution in [0.2, 0.25) is 39.3 Å². The molecule has 0 spiro atoms. The molecule has 0 aliphatic rings. The fourth-order valence-corrected chi connectivity index (χ4v) is 3.46. The van der Waals surface area contributed by atoms with Gasteiger partial charge in [-0.05, 0) is 57.3 Å². The van der Waals surface area contributed by atoms with E-state index in [1.54, 1.807) is 7.11 Å². The van der Waals surface area contributed by atoms with Crippen LogP contribution in [0.25, 0.3) is 0 Å². The van der Waals surface area contributed by atoms with Crippen LogP contribution in [-0.4, -0.2) is 23.7 Å². The highest BCUT2D eigenvalue weighted by Crippen LogP contribution is 2.18. The van der Waals surface area contributed by atoms with Crippen LogP contribution < -0.4 is 0 Å². The first-order valence-electron chi connectivity index (χ1n) is 7.97. The molecule has 0 aliphatic carbocycles. The molecule has 0 unspecified atom stereocenters. The van der Waals surface area contributed by atoms with Crippen LogP contribution in [0.1, 0.15) is 5.56 Å². The molecule has 3 nitrogen and oxygen atoms in total. The summed E-state index contributed by atoms with van der Waals surface area (Å²) in [5.74, 6) is 1.35. The molecule has 0 fully saturated rings. The molecule has 1 aromatic carbocycles. The zero-order valence-electron chi connectivity index (χ0n) is 15.5. The van der Waals surface area contributed by atoms with Gasteiger partial charge in [-0.1, -0.05) is 30.3 Å². The molecule has 0 aliphatic heterocycles. The average Bonchev–Trinajstić information content (AvgIpc) is 2.42. The van der Waals surface area contributed by atoms with Crippen molar-refractivity contribution in [3.63, 3.8) is 0 Å². The monoisotopic (exact) mass is 350 g/mol. The summed E-state index contributed by atoms with van der Waals surface area (Å²) in [4.78, 5) is 0. The van der Waals surface area contributed by atoms with Gasteiger partial charge in [0.15, 0.2) is 0 Å². The summed E-state index contributed by atoms with van der Waals surface area (Å²) in [6.07, 6.45) is 4.79. The quantitative estimate of drug-likeness (QED) is 0.361. The fraction of sp³-hybridized carbons (Fsp3) is 0.444. The second-order valence-electron chi connectivity index (χ2n) is 7.39. The van der Waals surface area contributed by atoms with E-state index >= 15 is 0 Å². The number of allylic oxidation sites excluding steroid dienone is 2. The number of ether oxygens (including phenoxy) is 1. The Hall–Kier alpha value is -1.47. The summed E-state index contributed by atoms with van der Waals surface area (Å²) >= 11 is 0. The van der Waals surface area contributed by atoms with Crippen LogP contribution in [0.5, 0.6) is 0 Å². The summed E-state index contributed by atoms with van der Waals surface area (Å²) in [7, 11) is -1.79. The molecule has 0 bridgehead atoms. The standard InChI is InChI=1S/C18H30O3Si2/c1-19-18(21-23(5,6)7)15-17(20-22(2,3)4)14-13-16-11-9-8-10-12-16/h8-12,14-15H,13H2,1-7H3. The topological polar surface area (TPSA) is 27.7 Å². The summed E-state index contributed by atoms with van der Waals surface area (Å²) < 4.78 is 17.5. The molecule has 128 valence electrons. The number of hydrogen-bond donors (Lipinski definition) is 0. The van der Waals surface area contributed by atoms with Gasteiger partial charge < -0.3 is 13.6 Å². The van der Waals surface area contributed by atoms with Crippen molar-refractivity contribution in [1.29, 1.82) is 0 Å². The molecule has 1 rings (SSSR count). The van der Waals surface area contributed by atoms with E-state index in [0.29, 0.717) is 5.95 Å². The Labute approximate surface area is 143 Å². The first-order valence-corrected chi connectivity index (χ1v) is 14.8. The third-order valence-corrected chi connectivity index (χ3v) is 4.34. The van der Waals surface area contributed by atoms with Crippen molar-refractivity contribution in [2.45, 2.75) is 45.7 Å². The van der Waals surface area contributed by atoms with E-state index in [-0.39, 0.29) is 0 Å². The van der Waals surface area contributed by atoms with Crippen molar-refractivity contribution >= 4 is 16.6 Å². The number of hydrogen-bond acceptors (Lipinski definition) is 3. The Kier molecular flexibility index (Phi) is 7.15. The Bertz CT molecular complexity index is 538. The van der Waals surface area contributed by atoms with Crippen molar-refractivity contribution in [1.82, 2.24) is 0 Å². The smallest absolute Gasteiger partial charge is 0.268 e. The highest BCUT2D eigenvalue weighted by molar-refractivity contribution is 6.70. The zero-order chi connectivity index (χ0) is 17.5. The molecule has 0 saturated carbocycles. The van der Waals surface area contributed by atoms with Gasteiger partial charge >= 0.3 is 0 Å². The predicted octanol–water partition coefficient (Wildman–Crippen LogP) is 5.30. The molecule has 0 heterocycles. The van der Waals surface area contributed by atoms with Crippen LogP contribution in [0.3, 0.4) is 0 Å². The minimum absolute atomic E-state index is 0.529. The van der Waals surface area contributed by atoms with E-state index < -0.39 is 16.6 Å². The molecule has 23 heavy (non-hydrogen) atoms. The largest absolute Gasteiger partial charge is 0.544 e. The maximum absolute atomic E-state index is 6.19. The van der Waals surface area contributed by atoms with Crippen LogP contribution in [-0.2, 0) is 20.0 Å². The average molecular weight is 351 g/mol. The van der Waals surface area contributed by atoms with Crippen LogP contribution in [0, 0.1) is 0 Å². The number of methoxy groups -OCH3 is 1. The van der Waals surface area contributed by atoms with Crippen molar-refractivity contribution in [3.8, 4) is 0 Å². The summed E-state index contributed by atoms with van der Waals surface area (Å²) in [5.41, 5.74) is 1.25. The van der Waals surface area contributed by atoms with Gasteiger partial charge in [-0.25, -0.2) is 0 Å². The van der Waals surface area contributed by atoms with Crippen molar-refractivity contribution < 1.29 is 13.6 Å². The predicted molar refractivity (Wildman–Crippen MR) is 102 cm³/mol. The molecule has 0 saturated heterocycles. The molecule has 0 radical (unpaired) electrons. The fourth-order valence-electron chi connectivity index (χ4n) is 1.86.